The van der Waals surface area contributed by atoms with Crippen molar-refractivity contribution in [2.45, 2.75) is 33.2 Å². The molecule has 1 aliphatic heterocycles. The van der Waals surface area contributed by atoms with Gasteiger partial charge in [-0.15, -0.1) is 0 Å². The molecule has 0 amide bonds. The molecule has 41 heavy (non-hydrogen) atoms. The summed E-state index contributed by atoms with van der Waals surface area (Å²) >= 11 is 0. The first kappa shape index (κ1) is 26.8. The van der Waals surface area contributed by atoms with E-state index < -0.39 is 0 Å². The Morgan fingerprint density at radius 1 is 1.02 bits per heavy atom. The van der Waals surface area contributed by atoms with Crippen molar-refractivity contribution in [2.75, 3.05) is 50.2 Å². The van der Waals surface area contributed by atoms with Crippen LogP contribution < -0.4 is 16.0 Å². The summed E-state index contributed by atoms with van der Waals surface area (Å²) in [5, 5.41) is 9.21. The van der Waals surface area contributed by atoms with Crippen molar-refractivity contribution >= 4 is 33.9 Å². The zero-order chi connectivity index (χ0) is 28.8. The molecule has 3 N–H and O–H groups in total. The van der Waals surface area contributed by atoms with Crippen LogP contribution in [-0.4, -0.2) is 63.4 Å². The largest absolute Gasteiger partial charge is 0.397 e. The van der Waals surface area contributed by atoms with Gasteiger partial charge in [0.25, 0.3) is 0 Å². The maximum absolute atomic E-state index is 6.54. The molecule has 6 rings (SSSR count). The molecule has 0 saturated heterocycles. The Bertz CT molecular complexity index is 1740. The van der Waals surface area contributed by atoms with Crippen molar-refractivity contribution in [1.82, 2.24) is 29.2 Å². The Morgan fingerprint density at radius 3 is 2.61 bits per heavy atom. The summed E-state index contributed by atoms with van der Waals surface area (Å²) in [4.78, 5) is 14.3. The summed E-state index contributed by atoms with van der Waals surface area (Å²) in [6.45, 7) is 7.02. The molecule has 0 saturated carbocycles. The van der Waals surface area contributed by atoms with E-state index in [0.717, 1.165) is 83.2 Å². The van der Waals surface area contributed by atoms with E-state index in [9.17, 15) is 0 Å². The summed E-state index contributed by atoms with van der Waals surface area (Å²) in [7, 11) is 8.20. The van der Waals surface area contributed by atoms with Crippen molar-refractivity contribution in [3.05, 3.63) is 65.7 Å². The Morgan fingerprint density at radius 2 is 1.85 bits per heavy atom. The zero-order valence-electron chi connectivity index (χ0n) is 24.9. The number of likely N-dealkylation sites (N-methyl/N-ethyl adjacent to an activating group) is 2. The second-order valence-electron chi connectivity index (χ2n) is 11.5. The molecule has 212 valence electrons. The van der Waals surface area contributed by atoms with Crippen LogP contribution in [0.1, 0.15) is 23.2 Å². The van der Waals surface area contributed by atoms with Gasteiger partial charge < -0.3 is 25.4 Å². The maximum Gasteiger partial charge on any atom is 0.227 e. The number of benzene rings is 2. The summed E-state index contributed by atoms with van der Waals surface area (Å²) in [5.74, 6) is 0.536. The fourth-order valence-electron chi connectivity index (χ4n) is 5.82. The van der Waals surface area contributed by atoms with E-state index in [-0.39, 0.29) is 0 Å². The second-order valence-corrected chi connectivity index (χ2v) is 11.5. The molecule has 0 aliphatic carbocycles. The highest BCUT2D eigenvalue weighted by Gasteiger charge is 2.22. The third-order valence-electron chi connectivity index (χ3n) is 8.31. The Kier molecular flexibility index (Phi) is 6.91. The molecule has 5 aromatic rings. The lowest BCUT2D eigenvalue weighted by molar-refractivity contribution is 0.416. The molecule has 0 radical (unpaired) electrons. The fraction of sp³-hybridized carbons (Fsp3) is 0.344. The van der Waals surface area contributed by atoms with Crippen LogP contribution in [0.25, 0.3) is 33.3 Å². The first-order valence-electron chi connectivity index (χ1n) is 14.2. The van der Waals surface area contributed by atoms with Gasteiger partial charge in [0.1, 0.15) is 0 Å². The average Bonchev–Trinajstić information content (AvgIpc) is 3.50. The van der Waals surface area contributed by atoms with Crippen LogP contribution in [0.4, 0.5) is 23.0 Å². The predicted molar refractivity (Wildman–Crippen MR) is 169 cm³/mol. The molecule has 0 atom stereocenters. The normalized spacial score (nSPS) is 12.9. The number of hydrogen-bond donors (Lipinski definition) is 2. The van der Waals surface area contributed by atoms with Gasteiger partial charge in [0.2, 0.25) is 5.95 Å². The number of rotatable bonds is 8. The van der Waals surface area contributed by atoms with Crippen LogP contribution in [0, 0.1) is 13.8 Å². The monoisotopic (exact) mass is 549 g/mol. The molecule has 3 aromatic heterocycles. The third kappa shape index (κ3) is 4.91. The summed E-state index contributed by atoms with van der Waals surface area (Å²) < 4.78 is 4.28. The Labute approximate surface area is 241 Å². The van der Waals surface area contributed by atoms with Crippen LogP contribution in [0.2, 0.25) is 0 Å². The standard InChI is InChI=1S/C32H39N9/c1-20-15-29(39(5)14-13-38(3)4)27(33)16-28(20)36-32-34-17-25(24-18-35-40(6)21(24)2)30(37-32)26-19-41-12-8-10-22-9-7-11-23(26)31(22)41/h7,9,11,15-19H,8,10,12-14,33H2,1-6H3,(H,34,36,37). The lowest BCUT2D eigenvalue weighted by Crippen LogP contribution is -2.29. The van der Waals surface area contributed by atoms with Crippen LogP contribution in [0.5, 0.6) is 0 Å². The molecule has 9 heteroatoms. The van der Waals surface area contributed by atoms with Crippen LogP contribution in [-0.2, 0) is 20.0 Å². The minimum Gasteiger partial charge on any atom is -0.397 e. The van der Waals surface area contributed by atoms with Gasteiger partial charge in [0.15, 0.2) is 0 Å². The molecule has 0 fully saturated rings. The number of nitrogen functional groups attached to an aromatic ring is 1. The smallest absolute Gasteiger partial charge is 0.227 e. The van der Waals surface area contributed by atoms with Crippen molar-refractivity contribution in [2.24, 2.45) is 7.05 Å². The predicted octanol–water partition coefficient (Wildman–Crippen LogP) is 5.39. The van der Waals surface area contributed by atoms with Gasteiger partial charge in [-0.1, -0.05) is 18.2 Å². The van der Waals surface area contributed by atoms with Crippen LogP contribution >= 0.6 is 0 Å². The molecule has 4 heterocycles. The molecular weight excluding hydrogens is 510 g/mol. The highest BCUT2D eigenvalue weighted by Crippen LogP contribution is 2.40. The number of nitrogens with two attached hydrogens (primary N) is 1. The van der Waals surface area contributed by atoms with Gasteiger partial charge in [0.05, 0.1) is 28.8 Å². The number of aromatic nitrogens is 5. The average molecular weight is 550 g/mol. The Balaban J connectivity index is 1.43. The van der Waals surface area contributed by atoms with Gasteiger partial charge in [0, 0.05) is 79.6 Å². The van der Waals surface area contributed by atoms with Gasteiger partial charge >= 0.3 is 0 Å². The summed E-state index contributed by atoms with van der Waals surface area (Å²) in [5.41, 5.74) is 18.1. The molecule has 1 aliphatic rings. The first-order valence-corrected chi connectivity index (χ1v) is 14.2. The van der Waals surface area contributed by atoms with Crippen molar-refractivity contribution in [3.63, 3.8) is 0 Å². The van der Waals surface area contributed by atoms with Gasteiger partial charge in [-0.25, -0.2) is 9.97 Å². The van der Waals surface area contributed by atoms with E-state index in [2.05, 4.69) is 90.2 Å². The maximum atomic E-state index is 6.54. The SMILES string of the molecule is Cc1cc(N(C)CCN(C)C)c(N)cc1Nc1ncc(-c2cnn(C)c2C)c(-c2cn3c4c(cccc24)CCC3)n1. The molecule has 2 aromatic carbocycles. The lowest BCUT2D eigenvalue weighted by Gasteiger charge is -2.24. The van der Waals surface area contributed by atoms with E-state index in [1.807, 2.05) is 30.2 Å². The quantitative estimate of drug-likeness (QED) is 0.251. The minimum atomic E-state index is 0.536. The molecule has 9 nitrogen and oxygen atoms in total. The van der Waals surface area contributed by atoms with Crippen molar-refractivity contribution in [1.29, 1.82) is 0 Å². The van der Waals surface area contributed by atoms with E-state index in [1.54, 1.807) is 0 Å². The molecular formula is C32H39N9. The molecule has 0 unspecified atom stereocenters. The van der Waals surface area contributed by atoms with Gasteiger partial charge in [-0.2, -0.15) is 5.10 Å². The number of aryl methyl sites for hydroxylation is 4. The number of nitrogens with one attached hydrogen (secondary N) is 1. The number of para-hydroxylation sites is 1. The molecule has 0 bridgehead atoms. The summed E-state index contributed by atoms with van der Waals surface area (Å²) in [6.07, 6.45) is 8.34. The first-order chi connectivity index (χ1) is 19.7. The van der Waals surface area contributed by atoms with E-state index >= 15 is 0 Å². The van der Waals surface area contributed by atoms with Gasteiger partial charge in [-0.05, 0) is 64.0 Å². The zero-order valence-corrected chi connectivity index (χ0v) is 24.9. The van der Waals surface area contributed by atoms with Crippen LogP contribution in [0.15, 0.2) is 48.9 Å². The number of hydrogen-bond acceptors (Lipinski definition) is 7. The van der Waals surface area contributed by atoms with Crippen molar-refractivity contribution in [3.8, 4) is 22.4 Å². The topological polar surface area (TPSA) is 93.1 Å². The second kappa shape index (κ2) is 10.6. The lowest BCUT2D eigenvalue weighted by atomic mass is 9.98. The molecule has 0 spiro atoms. The van der Waals surface area contributed by atoms with E-state index in [1.165, 1.54) is 16.5 Å². The fourth-order valence-corrected chi connectivity index (χ4v) is 5.82. The Hall–Kier alpha value is -4.37. The van der Waals surface area contributed by atoms with Gasteiger partial charge in [-0.3, -0.25) is 4.68 Å². The highest BCUT2D eigenvalue weighted by molar-refractivity contribution is 6.00. The third-order valence-corrected chi connectivity index (χ3v) is 8.31. The van der Waals surface area contributed by atoms with Crippen molar-refractivity contribution < 1.29 is 0 Å². The summed E-state index contributed by atoms with van der Waals surface area (Å²) in [6, 6.07) is 10.7. The van der Waals surface area contributed by atoms with E-state index in [0.29, 0.717) is 5.95 Å². The number of anilines is 4. The minimum absolute atomic E-state index is 0.536. The van der Waals surface area contributed by atoms with Crippen LogP contribution in [0.3, 0.4) is 0 Å². The number of nitrogens with zero attached hydrogens (tertiary/aromatic N) is 7. The van der Waals surface area contributed by atoms with E-state index in [4.69, 9.17) is 15.7 Å². The highest BCUT2D eigenvalue weighted by atomic mass is 15.3.